The van der Waals surface area contributed by atoms with Crippen LogP contribution in [0.5, 0.6) is 0 Å². The molecule has 108 valence electrons. The van der Waals surface area contributed by atoms with Crippen molar-refractivity contribution in [1.29, 1.82) is 5.26 Å². The van der Waals surface area contributed by atoms with Gasteiger partial charge in [-0.3, -0.25) is 0 Å². The molecular formula is C16H22ClN3. The normalized spacial score (nSPS) is 17.4. The van der Waals surface area contributed by atoms with E-state index in [9.17, 15) is 0 Å². The fourth-order valence-corrected chi connectivity index (χ4v) is 2.88. The third-order valence-corrected chi connectivity index (χ3v) is 4.08. The highest BCUT2D eigenvalue weighted by atomic mass is 35.5. The molecule has 0 aliphatic carbocycles. The Morgan fingerprint density at radius 2 is 2.10 bits per heavy atom. The van der Waals surface area contributed by atoms with E-state index in [1.54, 1.807) is 6.07 Å². The van der Waals surface area contributed by atoms with Gasteiger partial charge in [-0.05, 0) is 50.0 Å². The van der Waals surface area contributed by atoms with Crippen LogP contribution in [-0.4, -0.2) is 31.1 Å². The molecule has 3 nitrogen and oxygen atoms in total. The van der Waals surface area contributed by atoms with Gasteiger partial charge in [-0.1, -0.05) is 24.9 Å². The van der Waals surface area contributed by atoms with E-state index in [1.165, 1.54) is 32.4 Å². The van der Waals surface area contributed by atoms with Gasteiger partial charge in [-0.2, -0.15) is 5.26 Å². The number of rotatable bonds is 5. The lowest BCUT2D eigenvalue weighted by molar-refractivity contribution is 0.204. The second-order valence-corrected chi connectivity index (χ2v) is 6.06. The van der Waals surface area contributed by atoms with Crippen molar-refractivity contribution < 1.29 is 0 Å². The van der Waals surface area contributed by atoms with Crippen molar-refractivity contribution in [1.82, 2.24) is 4.90 Å². The monoisotopic (exact) mass is 291 g/mol. The van der Waals surface area contributed by atoms with Crippen LogP contribution in [0.2, 0.25) is 5.02 Å². The Balaban J connectivity index is 1.79. The van der Waals surface area contributed by atoms with Crippen LogP contribution in [0.1, 0.15) is 31.7 Å². The lowest BCUT2D eigenvalue weighted by atomic mass is 10.1. The van der Waals surface area contributed by atoms with E-state index < -0.39 is 0 Å². The van der Waals surface area contributed by atoms with E-state index in [4.69, 9.17) is 16.9 Å². The minimum Gasteiger partial charge on any atom is -0.385 e. The first-order valence-corrected chi connectivity index (χ1v) is 7.72. The van der Waals surface area contributed by atoms with Crippen LogP contribution < -0.4 is 5.32 Å². The molecule has 4 heteroatoms. The van der Waals surface area contributed by atoms with Gasteiger partial charge in [0.05, 0.1) is 10.6 Å². The van der Waals surface area contributed by atoms with E-state index in [-0.39, 0.29) is 0 Å². The fourth-order valence-electron chi connectivity index (χ4n) is 2.66. The maximum atomic E-state index is 8.85. The number of hydrogen-bond donors (Lipinski definition) is 1. The van der Waals surface area contributed by atoms with Crippen molar-refractivity contribution in [3.63, 3.8) is 0 Å². The molecule has 0 saturated carbocycles. The summed E-state index contributed by atoms with van der Waals surface area (Å²) >= 11 is 6.03. The number of benzene rings is 1. The number of hydrogen-bond acceptors (Lipinski definition) is 3. The van der Waals surface area contributed by atoms with Crippen LogP contribution in [0.4, 0.5) is 5.69 Å². The largest absolute Gasteiger partial charge is 0.385 e. The zero-order valence-electron chi connectivity index (χ0n) is 12.0. The van der Waals surface area contributed by atoms with E-state index in [1.807, 2.05) is 12.1 Å². The zero-order chi connectivity index (χ0) is 14.4. The van der Waals surface area contributed by atoms with Crippen molar-refractivity contribution in [3.8, 4) is 6.07 Å². The highest BCUT2D eigenvalue weighted by molar-refractivity contribution is 6.32. The first-order valence-electron chi connectivity index (χ1n) is 7.35. The molecular weight excluding hydrogens is 270 g/mol. The van der Waals surface area contributed by atoms with Gasteiger partial charge in [-0.25, -0.2) is 0 Å². The van der Waals surface area contributed by atoms with Gasteiger partial charge in [0, 0.05) is 18.8 Å². The third-order valence-electron chi connectivity index (χ3n) is 3.76. The van der Waals surface area contributed by atoms with Crippen LogP contribution >= 0.6 is 11.6 Å². The lowest BCUT2D eigenvalue weighted by Crippen LogP contribution is -2.35. The molecule has 20 heavy (non-hydrogen) atoms. The summed E-state index contributed by atoms with van der Waals surface area (Å²) < 4.78 is 0. The van der Waals surface area contributed by atoms with Crippen molar-refractivity contribution in [2.75, 3.05) is 31.5 Å². The molecule has 1 aromatic carbocycles. The molecule has 0 amide bonds. The van der Waals surface area contributed by atoms with E-state index >= 15 is 0 Å². The van der Waals surface area contributed by atoms with Crippen molar-refractivity contribution >= 4 is 17.3 Å². The third kappa shape index (κ3) is 4.40. The molecule has 1 saturated heterocycles. The van der Waals surface area contributed by atoms with Crippen molar-refractivity contribution in [2.24, 2.45) is 5.92 Å². The molecule has 0 bridgehead atoms. The Morgan fingerprint density at radius 3 is 2.75 bits per heavy atom. The fraction of sp³-hybridized carbons (Fsp3) is 0.562. The summed E-state index contributed by atoms with van der Waals surface area (Å²) in [4.78, 5) is 2.56. The van der Waals surface area contributed by atoms with Crippen molar-refractivity contribution in [3.05, 3.63) is 28.8 Å². The van der Waals surface area contributed by atoms with Gasteiger partial charge in [-0.15, -0.1) is 0 Å². The molecule has 0 radical (unpaired) electrons. The lowest BCUT2D eigenvalue weighted by Gasteiger charge is -2.29. The first-order chi connectivity index (χ1) is 9.69. The quantitative estimate of drug-likeness (QED) is 0.898. The summed E-state index contributed by atoms with van der Waals surface area (Å²) in [6.45, 7) is 6.84. The number of likely N-dealkylation sites (tertiary alicyclic amines) is 1. The predicted molar refractivity (Wildman–Crippen MR) is 84.1 cm³/mol. The Bertz CT molecular complexity index is 475. The van der Waals surface area contributed by atoms with Crippen LogP contribution in [0.3, 0.4) is 0 Å². The SMILES string of the molecule is CC(CNc1ccc(C#N)c(Cl)c1)CN1CCCCC1. The summed E-state index contributed by atoms with van der Waals surface area (Å²) in [5.41, 5.74) is 1.51. The number of nitriles is 1. The summed E-state index contributed by atoms with van der Waals surface area (Å²) in [5, 5.41) is 12.8. The first kappa shape index (κ1) is 15.2. The van der Waals surface area contributed by atoms with Gasteiger partial charge < -0.3 is 10.2 Å². The molecule has 2 rings (SSSR count). The van der Waals surface area contributed by atoms with Crippen LogP contribution in [0.25, 0.3) is 0 Å². The van der Waals surface area contributed by atoms with Gasteiger partial charge in [0.2, 0.25) is 0 Å². The molecule has 1 unspecified atom stereocenters. The molecule has 1 fully saturated rings. The average molecular weight is 292 g/mol. The maximum Gasteiger partial charge on any atom is 0.101 e. The van der Waals surface area contributed by atoms with E-state index in [0.29, 0.717) is 16.5 Å². The maximum absolute atomic E-state index is 8.85. The molecule has 1 aliphatic heterocycles. The van der Waals surface area contributed by atoms with Gasteiger partial charge in [0.1, 0.15) is 6.07 Å². The van der Waals surface area contributed by atoms with Crippen LogP contribution in [0.15, 0.2) is 18.2 Å². The standard InChI is InChI=1S/C16H22ClN3/c1-13(12-20-7-3-2-4-8-20)11-19-15-6-5-14(10-18)16(17)9-15/h5-6,9,13,19H,2-4,7-8,11-12H2,1H3. The minimum atomic E-state index is 0.515. The van der Waals surface area contributed by atoms with Crippen LogP contribution in [-0.2, 0) is 0 Å². The molecule has 1 heterocycles. The number of nitrogens with zero attached hydrogens (tertiary/aromatic N) is 2. The molecule has 1 atom stereocenters. The van der Waals surface area contributed by atoms with Crippen LogP contribution in [0, 0.1) is 17.2 Å². The number of halogens is 1. The van der Waals surface area contributed by atoms with E-state index in [2.05, 4.69) is 23.2 Å². The Morgan fingerprint density at radius 1 is 1.35 bits per heavy atom. The number of anilines is 1. The summed E-state index contributed by atoms with van der Waals surface area (Å²) in [6, 6.07) is 7.58. The number of nitrogens with one attached hydrogen (secondary N) is 1. The predicted octanol–water partition coefficient (Wildman–Crippen LogP) is 3.75. The molecule has 0 spiro atoms. The molecule has 1 N–H and O–H groups in total. The highest BCUT2D eigenvalue weighted by Gasteiger charge is 2.13. The second kappa shape index (κ2) is 7.52. The van der Waals surface area contributed by atoms with Gasteiger partial charge >= 0.3 is 0 Å². The van der Waals surface area contributed by atoms with Crippen molar-refractivity contribution in [2.45, 2.75) is 26.2 Å². The minimum absolute atomic E-state index is 0.515. The Labute approximate surface area is 126 Å². The average Bonchev–Trinajstić information content (AvgIpc) is 2.46. The smallest absolute Gasteiger partial charge is 0.101 e. The molecule has 1 aromatic rings. The van der Waals surface area contributed by atoms with Gasteiger partial charge in [0.25, 0.3) is 0 Å². The molecule has 1 aliphatic rings. The molecule has 0 aromatic heterocycles. The number of piperidine rings is 1. The van der Waals surface area contributed by atoms with Gasteiger partial charge in [0.15, 0.2) is 0 Å². The Hall–Kier alpha value is -1.24. The summed E-state index contributed by atoms with van der Waals surface area (Å²) in [7, 11) is 0. The topological polar surface area (TPSA) is 39.1 Å². The van der Waals surface area contributed by atoms with E-state index in [0.717, 1.165) is 18.8 Å². The zero-order valence-corrected chi connectivity index (χ0v) is 12.8. The Kier molecular flexibility index (Phi) is 5.70. The second-order valence-electron chi connectivity index (χ2n) is 5.65. The summed E-state index contributed by atoms with van der Waals surface area (Å²) in [6.07, 6.45) is 4.06. The summed E-state index contributed by atoms with van der Waals surface area (Å²) in [5.74, 6) is 0.600. The highest BCUT2D eigenvalue weighted by Crippen LogP contribution is 2.20.